The molecule has 1 aromatic heterocycles. The zero-order chi connectivity index (χ0) is 16.7. The molecule has 4 atom stereocenters. The lowest BCUT2D eigenvalue weighted by Gasteiger charge is -2.25. The van der Waals surface area contributed by atoms with Gasteiger partial charge in [0.15, 0.2) is 5.16 Å². The van der Waals surface area contributed by atoms with Crippen LogP contribution in [-0.4, -0.2) is 27.3 Å². The van der Waals surface area contributed by atoms with E-state index in [4.69, 9.17) is 0 Å². The van der Waals surface area contributed by atoms with Crippen LogP contribution < -0.4 is 5.43 Å². The fourth-order valence-corrected chi connectivity index (χ4v) is 5.74. The Morgan fingerprint density at radius 2 is 2.04 bits per heavy atom. The van der Waals surface area contributed by atoms with Crippen molar-refractivity contribution in [2.24, 2.45) is 28.8 Å². The van der Waals surface area contributed by atoms with Crippen molar-refractivity contribution in [1.82, 2.24) is 15.4 Å². The van der Waals surface area contributed by atoms with Gasteiger partial charge in [0, 0.05) is 23.0 Å². The largest absolute Gasteiger partial charge is 0.272 e. The highest BCUT2D eigenvalue weighted by atomic mass is 32.2. The average molecular weight is 344 g/mol. The molecule has 4 unspecified atom stereocenters. The zero-order valence-corrected chi connectivity index (χ0v) is 15.1. The normalized spacial score (nSPS) is 32.3. The first kappa shape index (κ1) is 16.1. The number of hydrogen-bond acceptors (Lipinski definition) is 5. The first-order chi connectivity index (χ1) is 11.6. The topological polar surface area (TPSA) is 67.2 Å². The number of carbonyl (C=O) groups is 1. The van der Waals surface area contributed by atoms with Crippen LogP contribution in [0.5, 0.6) is 0 Å². The van der Waals surface area contributed by atoms with Crippen LogP contribution in [0, 0.1) is 37.5 Å². The van der Waals surface area contributed by atoms with Crippen LogP contribution in [-0.2, 0) is 4.79 Å². The van der Waals surface area contributed by atoms with Crippen LogP contribution in [0.3, 0.4) is 0 Å². The Bertz CT molecular complexity index is 669. The number of aromatic nitrogens is 2. The lowest BCUT2D eigenvalue weighted by molar-refractivity contribution is -0.118. The molecule has 1 heterocycles. The maximum atomic E-state index is 12.1. The molecule has 3 saturated carbocycles. The molecular formula is C18H24N4OS. The van der Waals surface area contributed by atoms with Crippen LogP contribution in [0.1, 0.15) is 43.5 Å². The minimum atomic E-state index is -0.0685. The Morgan fingerprint density at radius 3 is 2.83 bits per heavy atom. The number of thioether (sulfide) groups is 1. The fraction of sp³-hybridized carbons (Fsp3) is 0.667. The molecule has 0 radical (unpaired) electrons. The highest BCUT2D eigenvalue weighted by molar-refractivity contribution is 7.99. The summed E-state index contributed by atoms with van der Waals surface area (Å²) < 4.78 is 0. The summed E-state index contributed by atoms with van der Waals surface area (Å²) in [6.07, 6.45) is 6.56. The molecule has 0 saturated heterocycles. The zero-order valence-electron chi connectivity index (χ0n) is 14.3. The van der Waals surface area contributed by atoms with Crippen molar-refractivity contribution >= 4 is 23.4 Å². The highest BCUT2D eigenvalue weighted by Crippen LogP contribution is 2.57. The van der Waals surface area contributed by atoms with E-state index in [-0.39, 0.29) is 5.91 Å². The van der Waals surface area contributed by atoms with E-state index in [9.17, 15) is 4.79 Å². The van der Waals surface area contributed by atoms with E-state index in [0.29, 0.717) is 16.8 Å². The first-order valence-corrected chi connectivity index (χ1v) is 9.89. The van der Waals surface area contributed by atoms with Crippen molar-refractivity contribution < 1.29 is 4.79 Å². The number of nitrogens with one attached hydrogen (secondary N) is 1. The number of carbonyl (C=O) groups excluding carboxylic acids is 1. The van der Waals surface area contributed by atoms with E-state index < -0.39 is 0 Å². The second-order valence-corrected chi connectivity index (χ2v) is 8.37. The van der Waals surface area contributed by atoms with Gasteiger partial charge in [0.1, 0.15) is 0 Å². The van der Waals surface area contributed by atoms with Gasteiger partial charge in [-0.05, 0) is 63.4 Å². The van der Waals surface area contributed by atoms with Crippen LogP contribution in [0.25, 0.3) is 0 Å². The minimum absolute atomic E-state index is 0.0685. The smallest absolute Gasteiger partial charge is 0.250 e. The van der Waals surface area contributed by atoms with E-state index >= 15 is 0 Å². The summed E-state index contributed by atoms with van der Waals surface area (Å²) in [4.78, 5) is 20.8. The summed E-state index contributed by atoms with van der Waals surface area (Å²) in [7, 11) is 0. The predicted octanol–water partition coefficient (Wildman–Crippen LogP) is 3.11. The predicted molar refractivity (Wildman–Crippen MR) is 94.9 cm³/mol. The summed E-state index contributed by atoms with van der Waals surface area (Å²) in [6.45, 7) is 3.88. The first-order valence-electron chi connectivity index (χ1n) is 8.90. The maximum Gasteiger partial charge on any atom is 0.250 e. The highest BCUT2D eigenvalue weighted by Gasteiger charge is 2.52. The van der Waals surface area contributed by atoms with Crippen molar-refractivity contribution in [3.05, 3.63) is 17.5 Å². The third-order valence-corrected chi connectivity index (χ3v) is 6.67. The van der Waals surface area contributed by atoms with E-state index in [1.807, 2.05) is 19.9 Å². The molecule has 3 aliphatic carbocycles. The van der Waals surface area contributed by atoms with Crippen LogP contribution in [0.4, 0.5) is 0 Å². The average Bonchev–Trinajstić information content (AvgIpc) is 3.22. The van der Waals surface area contributed by atoms with Gasteiger partial charge in [0.2, 0.25) is 0 Å². The molecule has 2 bridgehead atoms. The third-order valence-electron chi connectivity index (χ3n) is 5.82. The molecule has 0 aliphatic heterocycles. The van der Waals surface area contributed by atoms with Gasteiger partial charge in [-0.2, -0.15) is 5.10 Å². The number of fused-ring (bicyclic) bond motifs is 5. The van der Waals surface area contributed by atoms with E-state index in [0.717, 1.165) is 35.6 Å². The second-order valence-electron chi connectivity index (χ2n) is 7.43. The quantitative estimate of drug-likeness (QED) is 0.518. The SMILES string of the molecule is Cc1cc(C)nc(SCC(=O)NN=C2CC3CC2C2CCCC32)n1. The van der Waals surface area contributed by atoms with Gasteiger partial charge in [-0.3, -0.25) is 4.79 Å². The number of aryl methyl sites for hydroxylation is 2. The fourth-order valence-electron chi connectivity index (χ4n) is 5.00. The van der Waals surface area contributed by atoms with Crippen molar-refractivity contribution in [3.63, 3.8) is 0 Å². The molecule has 1 amide bonds. The molecule has 3 fully saturated rings. The summed E-state index contributed by atoms with van der Waals surface area (Å²) in [5.74, 6) is 3.49. The summed E-state index contributed by atoms with van der Waals surface area (Å²) in [6, 6.07) is 1.93. The molecule has 24 heavy (non-hydrogen) atoms. The number of nitrogens with zero attached hydrogens (tertiary/aromatic N) is 3. The molecule has 1 aromatic rings. The molecule has 128 valence electrons. The molecule has 6 heteroatoms. The summed E-state index contributed by atoms with van der Waals surface area (Å²) in [5, 5.41) is 5.13. The van der Waals surface area contributed by atoms with Crippen molar-refractivity contribution in [2.45, 2.75) is 51.1 Å². The lowest BCUT2D eigenvalue weighted by Crippen LogP contribution is -2.28. The van der Waals surface area contributed by atoms with Gasteiger partial charge < -0.3 is 0 Å². The molecule has 1 N–H and O–H groups in total. The summed E-state index contributed by atoms with van der Waals surface area (Å²) >= 11 is 1.37. The van der Waals surface area contributed by atoms with Crippen molar-refractivity contribution in [3.8, 4) is 0 Å². The van der Waals surface area contributed by atoms with Gasteiger partial charge in [0.05, 0.1) is 5.75 Å². The van der Waals surface area contributed by atoms with Gasteiger partial charge >= 0.3 is 0 Å². The Morgan fingerprint density at radius 1 is 1.29 bits per heavy atom. The van der Waals surface area contributed by atoms with E-state index in [1.54, 1.807) is 0 Å². The Labute approximate surface area is 147 Å². The van der Waals surface area contributed by atoms with Gasteiger partial charge in [-0.25, -0.2) is 15.4 Å². The Hall–Kier alpha value is -1.43. The number of rotatable bonds is 4. The minimum Gasteiger partial charge on any atom is -0.272 e. The van der Waals surface area contributed by atoms with Crippen molar-refractivity contribution in [1.29, 1.82) is 0 Å². The van der Waals surface area contributed by atoms with Crippen LogP contribution in [0.2, 0.25) is 0 Å². The van der Waals surface area contributed by atoms with Gasteiger partial charge in [-0.15, -0.1) is 0 Å². The van der Waals surface area contributed by atoms with Crippen LogP contribution in [0.15, 0.2) is 16.3 Å². The Balaban J connectivity index is 1.31. The maximum absolute atomic E-state index is 12.1. The molecule has 4 rings (SSSR count). The van der Waals surface area contributed by atoms with E-state index in [1.165, 1.54) is 43.2 Å². The molecule has 0 aromatic carbocycles. The lowest BCUT2D eigenvalue weighted by atomic mass is 9.81. The molecule has 3 aliphatic rings. The number of amides is 1. The molecular weight excluding hydrogens is 320 g/mol. The third kappa shape index (κ3) is 3.08. The van der Waals surface area contributed by atoms with Gasteiger partial charge in [0.25, 0.3) is 5.91 Å². The number of hydrogen-bond donors (Lipinski definition) is 1. The monoisotopic (exact) mass is 344 g/mol. The molecule has 0 spiro atoms. The van der Waals surface area contributed by atoms with Crippen LogP contribution >= 0.6 is 11.8 Å². The summed E-state index contributed by atoms with van der Waals surface area (Å²) in [5.41, 5.74) is 5.86. The molecule has 5 nitrogen and oxygen atoms in total. The standard InChI is InChI=1S/C18H24N4OS/c1-10-6-11(2)20-18(19-10)24-9-17(23)22-21-16-8-12-7-15(16)14-5-3-4-13(12)14/h6,12-15H,3-5,7-9H2,1-2H3,(H,22,23). The van der Waals surface area contributed by atoms with E-state index in [2.05, 4.69) is 20.5 Å². The number of hydrazone groups is 1. The van der Waals surface area contributed by atoms with Crippen molar-refractivity contribution in [2.75, 3.05) is 5.75 Å². The van der Waals surface area contributed by atoms with Gasteiger partial charge in [-0.1, -0.05) is 18.2 Å². The second kappa shape index (κ2) is 6.47. The Kier molecular flexibility index (Phi) is 4.33.